The number of carbonyl (C=O) groups excluding carboxylic acids is 1. The van der Waals surface area contributed by atoms with Crippen LogP contribution in [0.3, 0.4) is 0 Å². The lowest BCUT2D eigenvalue weighted by atomic mass is 9.98. The molecule has 19 heavy (non-hydrogen) atoms. The van der Waals surface area contributed by atoms with Gasteiger partial charge >= 0.3 is 12.0 Å². The predicted molar refractivity (Wildman–Crippen MR) is 71.9 cm³/mol. The third-order valence-electron chi connectivity index (χ3n) is 4.43. The summed E-state index contributed by atoms with van der Waals surface area (Å²) in [6.45, 7) is 5.52. The van der Waals surface area contributed by atoms with Crippen LogP contribution >= 0.6 is 0 Å². The molecule has 0 radical (unpaired) electrons. The molecular weight excluding hydrogens is 244 g/mol. The van der Waals surface area contributed by atoms with Crippen LogP contribution in [0, 0.1) is 5.92 Å². The van der Waals surface area contributed by atoms with Gasteiger partial charge in [-0.25, -0.2) is 4.79 Å². The van der Waals surface area contributed by atoms with Crippen molar-refractivity contribution in [3.8, 4) is 0 Å². The van der Waals surface area contributed by atoms with E-state index in [9.17, 15) is 9.59 Å². The van der Waals surface area contributed by atoms with Gasteiger partial charge in [0.1, 0.15) is 0 Å². The molecule has 0 bridgehead atoms. The number of rotatable bonds is 2. The van der Waals surface area contributed by atoms with E-state index in [1.807, 2.05) is 9.80 Å². The van der Waals surface area contributed by atoms with Crippen LogP contribution in [-0.4, -0.2) is 52.1 Å². The fourth-order valence-electron chi connectivity index (χ4n) is 3.38. The zero-order chi connectivity index (χ0) is 14.0. The van der Waals surface area contributed by atoms with Crippen LogP contribution in [0.2, 0.25) is 0 Å². The molecule has 108 valence electrons. The van der Waals surface area contributed by atoms with E-state index >= 15 is 0 Å². The van der Waals surface area contributed by atoms with Crippen molar-refractivity contribution in [1.29, 1.82) is 0 Å². The second-order valence-corrected chi connectivity index (χ2v) is 6.02. The molecule has 0 saturated carbocycles. The highest BCUT2D eigenvalue weighted by Gasteiger charge is 2.35. The Morgan fingerprint density at radius 3 is 2.37 bits per heavy atom. The molecule has 3 atom stereocenters. The van der Waals surface area contributed by atoms with Gasteiger partial charge < -0.3 is 14.9 Å². The first-order valence-electron chi connectivity index (χ1n) is 7.28. The highest BCUT2D eigenvalue weighted by Crippen LogP contribution is 2.27. The minimum absolute atomic E-state index is 0.104. The number of hydrogen-bond acceptors (Lipinski definition) is 2. The summed E-state index contributed by atoms with van der Waals surface area (Å²) in [5.74, 6) is -0.643. The average molecular weight is 268 g/mol. The number of nitrogens with zero attached hydrogens (tertiary/aromatic N) is 2. The van der Waals surface area contributed by atoms with E-state index in [2.05, 4.69) is 13.8 Å². The molecule has 5 heteroatoms. The second kappa shape index (κ2) is 5.80. The molecular formula is C14H24N2O3. The SMILES string of the molecule is CC1CCCC(C)N1C(=O)N1CCC(CC(=O)O)C1. The first kappa shape index (κ1) is 14.2. The molecule has 2 saturated heterocycles. The van der Waals surface area contributed by atoms with E-state index < -0.39 is 5.97 Å². The molecule has 0 aromatic rings. The van der Waals surface area contributed by atoms with E-state index in [-0.39, 0.29) is 18.4 Å². The van der Waals surface area contributed by atoms with Gasteiger partial charge in [-0.3, -0.25) is 4.79 Å². The number of piperidine rings is 1. The average Bonchev–Trinajstić information content (AvgIpc) is 2.76. The number of amides is 2. The Hall–Kier alpha value is -1.26. The third-order valence-corrected chi connectivity index (χ3v) is 4.43. The Morgan fingerprint density at radius 2 is 1.79 bits per heavy atom. The summed E-state index contributed by atoms with van der Waals surface area (Å²) < 4.78 is 0. The van der Waals surface area contributed by atoms with Crippen molar-refractivity contribution in [3.05, 3.63) is 0 Å². The maximum absolute atomic E-state index is 12.6. The number of hydrogen-bond donors (Lipinski definition) is 1. The van der Waals surface area contributed by atoms with Gasteiger partial charge in [-0.1, -0.05) is 0 Å². The topological polar surface area (TPSA) is 60.9 Å². The Kier molecular flexibility index (Phi) is 4.32. The molecule has 1 N–H and O–H groups in total. The van der Waals surface area contributed by atoms with Gasteiger partial charge in [0, 0.05) is 31.6 Å². The zero-order valence-electron chi connectivity index (χ0n) is 11.8. The quantitative estimate of drug-likeness (QED) is 0.835. The fraction of sp³-hybridized carbons (Fsp3) is 0.857. The van der Waals surface area contributed by atoms with E-state index in [4.69, 9.17) is 5.11 Å². The summed E-state index contributed by atoms with van der Waals surface area (Å²) >= 11 is 0. The first-order chi connectivity index (χ1) is 8.99. The van der Waals surface area contributed by atoms with Gasteiger partial charge in [0.15, 0.2) is 0 Å². The summed E-state index contributed by atoms with van der Waals surface area (Å²) in [5.41, 5.74) is 0. The van der Waals surface area contributed by atoms with Gasteiger partial charge in [0.2, 0.25) is 0 Å². The molecule has 3 unspecified atom stereocenters. The first-order valence-corrected chi connectivity index (χ1v) is 7.28. The van der Waals surface area contributed by atoms with Crippen LogP contribution in [0.1, 0.15) is 46.0 Å². The minimum Gasteiger partial charge on any atom is -0.481 e. The highest BCUT2D eigenvalue weighted by molar-refractivity contribution is 5.76. The smallest absolute Gasteiger partial charge is 0.320 e. The Balaban J connectivity index is 1.94. The molecule has 2 heterocycles. The van der Waals surface area contributed by atoms with Gasteiger partial charge in [0.25, 0.3) is 0 Å². The molecule has 2 aliphatic heterocycles. The van der Waals surface area contributed by atoms with Gasteiger partial charge in [-0.15, -0.1) is 0 Å². The maximum Gasteiger partial charge on any atom is 0.320 e. The minimum atomic E-state index is -0.765. The van der Waals surface area contributed by atoms with E-state index in [0.29, 0.717) is 25.2 Å². The Labute approximate surface area is 114 Å². The highest BCUT2D eigenvalue weighted by atomic mass is 16.4. The number of carboxylic acids is 1. The monoisotopic (exact) mass is 268 g/mol. The summed E-state index contributed by atoms with van der Waals surface area (Å²) in [6.07, 6.45) is 4.32. The summed E-state index contributed by atoms with van der Waals surface area (Å²) in [6, 6.07) is 0.706. The molecule has 2 rings (SSSR count). The van der Waals surface area contributed by atoms with Crippen molar-refractivity contribution in [1.82, 2.24) is 9.80 Å². The maximum atomic E-state index is 12.6. The lowest BCUT2D eigenvalue weighted by Gasteiger charge is -2.41. The third kappa shape index (κ3) is 3.19. The molecule has 2 fully saturated rings. The summed E-state index contributed by atoms with van der Waals surface area (Å²) in [5, 5.41) is 8.82. The van der Waals surface area contributed by atoms with Gasteiger partial charge in [-0.05, 0) is 45.4 Å². The van der Waals surface area contributed by atoms with Crippen molar-refractivity contribution >= 4 is 12.0 Å². The molecule has 5 nitrogen and oxygen atoms in total. The van der Waals surface area contributed by atoms with E-state index in [0.717, 1.165) is 19.3 Å². The number of carbonyl (C=O) groups is 2. The van der Waals surface area contributed by atoms with Crippen molar-refractivity contribution in [2.45, 2.75) is 58.0 Å². The van der Waals surface area contributed by atoms with Crippen molar-refractivity contribution in [3.63, 3.8) is 0 Å². The van der Waals surface area contributed by atoms with Crippen LogP contribution < -0.4 is 0 Å². The van der Waals surface area contributed by atoms with Crippen LogP contribution in [0.15, 0.2) is 0 Å². The number of likely N-dealkylation sites (tertiary alicyclic amines) is 2. The summed E-state index contributed by atoms with van der Waals surface area (Å²) in [4.78, 5) is 27.1. The van der Waals surface area contributed by atoms with Crippen LogP contribution in [0.5, 0.6) is 0 Å². The largest absolute Gasteiger partial charge is 0.481 e. The lowest BCUT2D eigenvalue weighted by molar-refractivity contribution is -0.138. The Morgan fingerprint density at radius 1 is 1.16 bits per heavy atom. The van der Waals surface area contributed by atoms with Gasteiger partial charge in [0.05, 0.1) is 0 Å². The van der Waals surface area contributed by atoms with E-state index in [1.54, 1.807) is 0 Å². The van der Waals surface area contributed by atoms with E-state index in [1.165, 1.54) is 6.42 Å². The predicted octanol–water partition coefficient (Wildman–Crippen LogP) is 2.17. The standard InChI is InChI=1S/C14H24N2O3/c1-10-4-3-5-11(2)16(10)14(19)15-7-6-12(9-15)8-13(17)18/h10-12H,3-9H2,1-2H3,(H,17,18). The zero-order valence-corrected chi connectivity index (χ0v) is 11.8. The molecule has 0 aromatic carbocycles. The van der Waals surface area contributed by atoms with Crippen molar-refractivity contribution < 1.29 is 14.7 Å². The second-order valence-electron chi connectivity index (χ2n) is 6.02. The molecule has 2 amide bonds. The van der Waals surface area contributed by atoms with Crippen LogP contribution in [-0.2, 0) is 4.79 Å². The number of urea groups is 1. The fourth-order valence-corrected chi connectivity index (χ4v) is 3.38. The number of carboxylic acid groups (broad SMARTS) is 1. The number of aliphatic carboxylic acids is 1. The van der Waals surface area contributed by atoms with Crippen LogP contribution in [0.4, 0.5) is 4.79 Å². The normalized spacial score (nSPS) is 31.6. The van der Waals surface area contributed by atoms with Crippen LogP contribution in [0.25, 0.3) is 0 Å². The lowest BCUT2D eigenvalue weighted by Crippen LogP contribution is -2.52. The molecule has 0 spiro atoms. The molecule has 2 aliphatic rings. The van der Waals surface area contributed by atoms with Crippen molar-refractivity contribution in [2.75, 3.05) is 13.1 Å². The van der Waals surface area contributed by atoms with Crippen molar-refractivity contribution in [2.24, 2.45) is 5.92 Å². The Bertz CT molecular complexity index is 349. The molecule has 0 aliphatic carbocycles. The molecule has 0 aromatic heterocycles. The van der Waals surface area contributed by atoms with Gasteiger partial charge in [-0.2, -0.15) is 0 Å². The summed E-state index contributed by atoms with van der Waals surface area (Å²) in [7, 11) is 0.